The van der Waals surface area contributed by atoms with Crippen LogP contribution >= 0.6 is 0 Å². The van der Waals surface area contributed by atoms with Gasteiger partial charge in [0.1, 0.15) is 5.54 Å². The fourth-order valence-electron chi connectivity index (χ4n) is 2.98. The number of carbonyl (C=O) groups excluding carboxylic acids is 2. The van der Waals surface area contributed by atoms with Crippen LogP contribution in [0.2, 0.25) is 0 Å². The second-order valence-electron chi connectivity index (χ2n) is 6.08. The Bertz CT molecular complexity index is 340. The van der Waals surface area contributed by atoms with E-state index < -0.39 is 11.4 Å². The molecule has 102 valence electrons. The number of fused-ring (bicyclic) bond motifs is 1. The number of amides is 2. The predicted octanol–water partition coefficient (Wildman–Crippen LogP) is 0.287. The highest BCUT2D eigenvalue weighted by Gasteiger charge is 2.40. The molecule has 2 aliphatic rings. The minimum atomic E-state index is -0.980. The van der Waals surface area contributed by atoms with Crippen molar-refractivity contribution in [3.63, 3.8) is 0 Å². The van der Waals surface area contributed by atoms with Crippen molar-refractivity contribution in [3.05, 3.63) is 0 Å². The molecule has 0 aromatic heterocycles. The van der Waals surface area contributed by atoms with Gasteiger partial charge in [-0.3, -0.25) is 9.59 Å². The third-order valence-corrected chi connectivity index (χ3v) is 4.23. The van der Waals surface area contributed by atoms with E-state index in [1.807, 2.05) is 0 Å². The molecule has 1 heterocycles. The summed E-state index contributed by atoms with van der Waals surface area (Å²) >= 11 is 0. The van der Waals surface area contributed by atoms with Crippen molar-refractivity contribution in [2.75, 3.05) is 0 Å². The van der Waals surface area contributed by atoms with Crippen LogP contribution in [0.1, 0.15) is 46.0 Å². The van der Waals surface area contributed by atoms with Gasteiger partial charge in [-0.05, 0) is 39.0 Å². The first-order valence-electron chi connectivity index (χ1n) is 6.78. The fraction of sp³-hybridized carbons (Fsp3) is 0.846. The Hall–Kier alpha value is -1.10. The smallest absolute Gasteiger partial charge is 0.242 e. The van der Waals surface area contributed by atoms with Gasteiger partial charge in [-0.15, -0.1) is 0 Å². The lowest BCUT2D eigenvalue weighted by molar-refractivity contribution is -0.131. The normalized spacial score (nSPS) is 31.8. The van der Waals surface area contributed by atoms with E-state index in [1.165, 1.54) is 19.3 Å². The molecule has 1 saturated carbocycles. The highest BCUT2D eigenvalue weighted by molar-refractivity contribution is 5.91. The number of rotatable bonds is 3. The molecular weight excluding hydrogens is 230 g/mol. The molecule has 1 saturated heterocycles. The molecule has 5 heteroatoms. The standard InChI is InChI=1S/C13H23N3O2/c1-13(2,12(14)18)16-11(17)10-7-8-5-3-4-6-9(8)15-10/h8-10,15H,3-7H2,1-2H3,(H2,14,18)(H,16,17). The molecule has 5 nitrogen and oxygen atoms in total. The van der Waals surface area contributed by atoms with E-state index in [0.717, 1.165) is 12.8 Å². The molecule has 18 heavy (non-hydrogen) atoms. The van der Waals surface area contributed by atoms with Crippen LogP contribution in [0.25, 0.3) is 0 Å². The molecule has 4 N–H and O–H groups in total. The van der Waals surface area contributed by atoms with Gasteiger partial charge in [0, 0.05) is 6.04 Å². The molecule has 3 unspecified atom stereocenters. The van der Waals surface area contributed by atoms with Crippen molar-refractivity contribution in [1.82, 2.24) is 10.6 Å². The van der Waals surface area contributed by atoms with Crippen LogP contribution in [-0.2, 0) is 9.59 Å². The summed E-state index contributed by atoms with van der Waals surface area (Å²) in [4.78, 5) is 23.3. The zero-order chi connectivity index (χ0) is 13.3. The highest BCUT2D eigenvalue weighted by Crippen LogP contribution is 2.33. The summed E-state index contributed by atoms with van der Waals surface area (Å²) in [7, 11) is 0. The lowest BCUT2D eigenvalue weighted by atomic mass is 9.85. The Morgan fingerprint density at radius 1 is 1.28 bits per heavy atom. The van der Waals surface area contributed by atoms with E-state index in [9.17, 15) is 9.59 Å². The summed E-state index contributed by atoms with van der Waals surface area (Å²) < 4.78 is 0. The summed E-state index contributed by atoms with van der Waals surface area (Å²) in [5.74, 6) is 0.00523. The lowest BCUT2D eigenvalue weighted by Crippen LogP contribution is -2.57. The average molecular weight is 253 g/mol. The Kier molecular flexibility index (Phi) is 3.61. The Balaban J connectivity index is 1.93. The second-order valence-corrected chi connectivity index (χ2v) is 6.08. The van der Waals surface area contributed by atoms with Crippen LogP contribution < -0.4 is 16.4 Å². The fourth-order valence-corrected chi connectivity index (χ4v) is 2.98. The van der Waals surface area contributed by atoms with Crippen LogP contribution in [0.5, 0.6) is 0 Å². The summed E-state index contributed by atoms with van der Waals surface area (Å²) in [6.45, 7) is 3.27. The van der Waals surface area contributed by atoms with Crippen LogP contribution in [0.15, 0.2) is 0 Å². The lowest BCUT2D eigenvalue weighted by Gasteiger charge is -2.25. The first-order valence-corrected chi connectivity index (χ1v) is 6.78. The number of hydrogen-bond donors (Lipinski definition) is 3. The first-order chi connectivity index (χ1) is 8.40. The van der Waals surface area contributed by atoms with Crippen molar-refractivity contribution in [3.8, 4) is 0 Å². The van der Waals surface area contributed by atoms with E-state index >= 15 is 0 Å². The maximum absolute atomic E-state index is 12.1. The monoisotopic (exact) mass is 253 g/mol. The Morgan fingerprint density at radius 2 is 1.94 bits per heavy atom. The van der Waals surface area contributed by atoms with Crippen molar-refractivity contribution < 1.29 is 9.59 Å². The van der Waals surface area contributed by atoms with E-state index in [1.54, 1.807) is 13.8 Å². The molecule has 0 aromatic rings. The van der Waals surface area contributed by atoms with Crippen molar-refractivity contribution in [2.45, 2.75) is 63.6 Å². The number of carbonyl (C=O) groups is 2. The van der Waals surface area contributed by atoms with E-state index in [0.29, 0.717) is 12.0 Å². The quantitative estimate of drug-likeness (QED) is 0.676. The van der Waals surface area contributed by atoms with Crippen molar-refractivity contribution in [2.24, 2.45) is 11.7 Å². The van der Waals surface area contributed by atoms with Gasteiger partial charge in [-0.2, -0.15) is 0 Å². The Morgan fingerprint density at radius 3 is 2.56 bits per heavy atom. The number of nitrogens with two attached hydrogens (primary N) is 1. The summed E-state index contributed by atoms with van der Waals surface area (Å²) in [6, 6.07) is 0.308. The molecule has 2 amide bonds. The summed E-state index contributed by atoms with van der Waals surface area (Å²) in [6.07, 6.45) is 5.76. The molecule has 3 atom stereocenters. The minimum absolute atomic E-state index is 0.104. The summed E-state index contributed by atoms with van der Waals surface area (Å²) in [5.41, 5.74) is 4.28. The minimum Gasteiger partial charge on any atom is -0.368 e. The third kappa shape index (κ3) is 2.66. The second kappa shape index (κ2) is 4.88. The van der Waals surface area contributed by atoms with Crippen LogP contribution in [0.4, 0.5) is 0 Å². The average Bonchev–Trinajstić information content (AvgIpc) is 2.71. The zero-order valence-electron chi connectivity index (χ0n) is 11.2. The van der Waals surface area contributed by atoms with Gasteiger partial charge in [-0.25, -0.2) is 0 Å². The van der Waals surface area contributed by atoms with Crippen molar-refractivity contribution in [1.29, 1.82) is 0 Å². The third-order valence-electron chi connectivity index (χ3n) is 4.23. The summed E-state index contributed by atoms with van der Waals surface area (Å²) in [5, 5.41) is 6.12. The maximum atomic E-state index is 12.1. The topological polar surface area (TPSA) is 84.2 Å². The zero-order valence-corrected chi connectivity index (χ0v) is 11.2. The van der Waals surface area contributed by atoms with Crippen molar-refractivity contribution >= 4 is 11.8 Å². The molecule has 1 aliphatic carbocycles. The molecule has 1 aliphatic heterocycles. The van der Waals surface area contributed by atoms with Crippen LogP contribution in [0.3, 0.4) is 0 Å². The van der Waals surface area contributed by atoms with E-state index in [-0.39, 0.29) is 11.9 Å². The molecular formula is C13H23N3O2. The van der Waals surface area contributed by atoms with E-state index in [2.05, 4.69) is 10.6 Å². The molecule has 0 radical (unpaired) electrons. The SMILES string of the molecule is CC(C)(NC(=O)C1CC2CCCCC2N1)C(N)=O. The maximum Gasteiger partial charge on any atom is 0.242 e. The number of nitrogens with one attached hydrogen (secondary N) is 2. The van der Waals surface area contributed by atoms with Gasteiger partial charge in [0.05, 0.1) is 6.04 Å². The predicted molar refractivity (Wildman–Crippen MR) is 68.7 cm³/mol. The Labute approximate surface area is 108 Å². The van der Waals surface area contributed by atoms with Gasteiger partial charge in [0.15, 0.2) is 0 Å². The molecule has 2 rings (SSSR count). The first kappa shape index (κ1) is 13.3. The molecule has 0 aromatic carbocycles. The largest absolute Gasteiger partial charge is 0.368 e. The molecule has 2 fully saturated rings. The van der Waals surface area contributed by atoms with Gasteiger partial charge in [0.25, 0.3) is 0 Å². The van der Waals surface area contributed by atoms with Crippen LogP contribution in [-0.4, -0.2) is 29.4 Å². The highest BCUT2D eigenvalue weighted by atomic mass is 16.2. The number of hydrogen-bond acceptors (Lipinski definition) is 3. The number of primary amides is 1. The van der Waals surface area contributed by atoms with Gasteiger partial charge in [0.2, 0.25) is 11.8 Å². The van der Waals surface area contributed by atoms with Gasteiger partial charge >= 0.3 is 0 Å². The van der Waals surface area contributed by atoms with E-state index in [4.69, 9.17) is 5.73 Å². The van der Waals surface area contributed by atoms with Gasteiger partial charge in [-0.1, -0.05) is 12.8 Å². The van der Waals surface area contributed by atoms with Crippen LogP contribution in [0, 0.1) is 5.92 Å². The molecule has 0 bridgehead atoms. The molecule has 0 spiro atoms. The van der Waals surface area contributed by atoms with Gasteiger partial charge < -0.3 is 16.4 Å².